The summed E-state index contributed by atoms with van der Waals surface area (Å²) in [7, 11) is 1.31. The van der Waals surface area contributed by atoms with Crippen molar-refractivity contribution in [2.24, 2.45) is 5.73 Å². The van der Waals surface area contributed by atoms with Gasteiger partial charge in [-0.25, -0.2) is 9.59 Å². The number of para-hydroxylation sites is 1. The number of carbonyl (C=O) groups excluding carboxylic acids is 2. The highest BCUT2D eigenvalue weighted by Gasteiger charge is 2.31. The molecule has 176 valence electrons. The number of carbonyl (C=O) groups is 2. The maximum Gasteiger partial charge on any atom is 0.349 e. The van der Waals surface area contributed by atoms with Gasteiger partial charge in [-0.05, 0) is 42.3 Å². The van der Waals surface area contributed by atoms with Gasteiger partial charge in [0.2, 0.25) is 5.88 Å². The molecule has 4 rings (SSSR count). The number of ether oxygens (including phenoxy) is 4. The fraction of sp³-hybridized carbons (Fsp3) is 0.148. The van der Waals surface area contributed by atoms with Crippen LogP contribution in [0.15, 0.2) is 78.2 Å². The van der Waals surface area contributed by atoms with E-state index >= 15 is 0 Å². The van der Waals surface area contributed by atoms with Crippen LogP contribution in [0.5, 0.6) is 17.2 Å². The minimum Gasteiger partial charge on any atom is -0.482 e. The lowest BCUT2D eigenvalue weighted by Crippen LogP contribution is -2.22. The summed E-state index contributed by atoms with van der Waals surface area (Å²) in [6, 6.07) is 21.0. The van der Waals surface area contributed by atoms with Crippen molar-refractivity contribution >= 4 is 11.9 Å². The summed E-state index contributed by atoms with van der Waals surface area (Å²) >= 11 is 0. The second-order valence-corrected chi connectivity index (χ2v) is 7.77. The Morgan fingerprint density at radius 2 is 1.83 bits per heavy atom. The molecule has 0 spiro atoms. The van der Waals surface area contributed by atoms with E-state index in [4.69, 9.17) is 24.7 Å². The third-order valence-corrected chi connectivity index (χ3v) is 5.53. The molecule has 35 heavy (non-hydrogen) atoms. The normalized spacial score (nSPS) is 14.3. The van der Waals surface area contributed by atoms with Crippen molar-refractivity contribution in [1.29, 1.82) is 5.26 Å². The number of allylic oxidation sites excluding steroid dienone is 1. The van der Waals surface area contributed by atoms with Gasteiger partial charge in [0.1, 0.15) is 28.9 Å². The number of esters is 2. The van der Waals surface area contributed by atoms with Crippen LogP contribution in [0.3, 0.4) is 0 Å². The molecule has 3 aromatic carbocycles. The van der Waals surface area contributed by atoms with Crippen LogP contribution in [0.25, 0.3) is 0 Å². The third kappa shape index (κ3) is 4.94. The van der Waals surface area contributed by atoms with E-state index in [-0.39, 0.29) is 23.8 Å². The molecule has 0 bridgehead atoms. The minimum absolute atomic E-state index is 0.0478. The smallest absolute Gasteiger partial charge is 0.349 e. The van der Waals surface area contributed by atoms with Crippen molar-refractivity contribution in [3.05, 3.63) is 100 Å². The molecule has 0 aliphatic carbocycles. The Labute approximate surface area is 202 Å². The second-order valence-electron chi connectivity index (χ2n) is 7.77. The van der Waals surface area contributed by atoms with Crippen LogP contribution >= 0.6 is 0 Å². The van der Waals surface area contributed by atoms with Crippen molar-refractivity contribution < 1.29 is 28.5 Å². The molecule has 1 heterocycles. The average molecular weight is 470 g/mol. The van der Waals surface area contributed by atoms with Crippen molar-refractivity contribution in [2.45, 2.75) is 12.8 Å². The molecule has 8 nitrogen and oxygen atoms in total. The van der Waals surface area contributed by atoms with E-state index in [1.807, 2.05) is 25.1 Å². The van der Waals surface area contributed by atoms with Crippen LogP contribution in [0.2, 0.25) is 0 Å². The Bertz CT molecular complexity index is 1350. The zero-order valence-corrected chi connectivity index (χ0v) is 19.1. The molecule has 1 aliphatic heterocycles. The van der Waals surface area contributed by atoms with Crippen LogP contribution in [-0.2, 0) is 9.53 Å². The van der Waals surface area contributed by atoms with Crippen molar-refractivity contribution in [3.8, 4) is 23.3 Å². The number of nitriles is 1. The molecule has 0 saturated heterocycles. The lowest BCUT2D eigenvalue weighted by atomic mass is 9.83. The average Bonchev–Trinajstić information content (AvgIpc) is 2.87. The first-order chi connectivity index (χ1) is 16.9. The molecule has 1 aliphatic rings. The Hall–Kier alpha value is -4.77. The summed E-state index contributed by atoms with van der Waals surface area (Å²) in [4.78, 5) is 24.1. The Balaban J connectivity index is 1.56. The van der Waals surface area contributed by atoms with Gasteiger partial charge in [0, 0.05) is 11.6 Å². The molecule has 1 atom stereocenters. The topological polar surface area (TPSA) is 121 Å². The zero-order valence-electron chi connectivity index (χ0n) is 19.1. The number of nitrogens with two attached hydrogens (primary N) is 1. The molecule has 3 aromatic rings. The Morgan fingerprint density at radius 1 is 1.09 bits per heavy atom. The molecular formula is C27H22N2O6. The fourth-order valence-electron chi connectivity index (χ4n) is 3.79. The maximum atomic E-state index is 12.3. The van der Waals surface area contributed by atoms with E-state index in [1.54, 1.807) is 42.5 Å². The van der Waals surface area contributed by atoms with Gasteiger partial charge in [0.25, 0.3) is 0 Å². The minimum atomic E-state index is -0.583. The first kappa shape index (κ1) is 23.4. The van der Waals surface area contributed by atoms with E-state index in [2.05, 4.69) is 6.07 Å². The van der Waals surface area contributed by atoms with Crippen LogP contribution < -0.4 is 19.9 Å². The number of rotatable bonds is 6. The first-order valence-corrected chi connectivity index (χ1v) is 10.7. The van der Waals surface area contributed by atoms with Gasteiger partial charge in [0.05, 0.1) is 18.6 Å². The summed E-state index contributed by atoms with van der Waals surface area (Å²) < 4.78 is 21.4. The van der Waals surface area contributed by atoms with Gasteiger partial charge in [-0.2, -0.15) is 5.26 Å². The van der Waals surface area contributed by atoms with E-state index in [0.29, 0.717) is 22.6 Å². The number of methoxy groups -OCH3 is 1. The highest BCUT2D eigenvalue weighted by atomic mass is 16.6. The van der Waals surface area contributed by atoms with E-state index in [0.717, 1.165) is 11.1 Å². The molecule has 0 amide bonds. The van der Waals surface area contributed by atoms with Gasteiger partial charge < -0.3 is 24.7 Å². The van der Waals surface area contributed by atoms with Crippen LogP contribution in [0.1, 0.15) is 33.0 Å². The Kier molecular flexibility index (Phi) is 6.69. The number of nitrogens with zero attached hydrogens (tertiary/aromatic N) is 1. The number of hydrogen-bond acceptors (Lipinski definition) is 8. The first-order valence-electron chi connectivity index (χ1n) is 10.7. The van der Waals surface area contributed by atoms with Gasteiger partial charge in [-0.3, -0.25) is 0 Å². The van der Waals surface area contributed by atoms with Gasteiger partial charge in [-0.15, -0.1) is 0 Å². The number of hydrogen-bond donors (Lipinski definition) is 1. The van der Waals surface area contributed by atoms with E-state index < -0.39 is 17.9 Å². The molecule has 1 unspecified atom stereocenters. The predicted molar refractivity (Wildman–Crippen MR) is 126 cm³/mol. The molecule has 0 saturated carbocycles. The Morgan fingerprint density at radius 3 is 2.51 bits per heavy atom. The van der Waals surface area contributed by atoms with Crippen molar-refractivity contribution in [3.63, 3.8) is 0 Å². The lowest BCUT2D eigenvalue weighted by Gasteiger charge is -2.26. The quantitative estimate of drug-likeness (QED) is 0.424. The van der Waals surface area contributed by atoms with Crippen LogP contribution in [-0.4, -0.2) is 25.7 Å². The summed E-state index contributed by atoms with van der Waals surface area (Å²) in [6.45, 7) is 1.62. The zero-order chi connectivity index (χ0) is 24.9. The van der Waals surface area contributed by atoms with Crippen LogP contribution in [0.4, 0.5) is 0 Å². The summed E-state index contributed by atoms with van der Waals surface area (Å²) in [5.41, 5.74) is 8.97. The second kappa shape index (κ2) is 10.0. The highest BCUT2D eigenvalue weighted by Crippen LogP contribution is 2.43. The van der Waals surface area contributed by atoms with Gasteiger partial charge >= 0.3 is 11.9 Å². The van der Waals surface area contributed by atoms with Crippen molar-refractivity contribution in [2.75, 3.05) is 13.7 Å². The lowest BCUT2D eigenvalue weighted by molar-refractivity contribution is -0.136. The van der Waals surface area contributed by atoms with Gasteiger partial charge in [-0.1, -0.05) is 36.4 Å². The van der Waals surface area contributed by atoms with E-state index in [9.17, 15) is 14.9 Å². The summed E-state index contributed by atoms with van der Waals surface area (Å²) in [5.74, 6) is -0.416. The van der Waals surface area contributed by atoms with E-state index in [1.165, 1.54) is 13.2 Å². The summed E-state index contributed by atoms with van der Waals surface area (Å²) in [5, 5.41) is 9.72. The molecule has 8 heteroatoms. The van der Waals surface area contributed by atoms with Gasteiger partial charge in [0.15, 0.2) is 6.61 Å². The number of benzene rings is 3. The molecule has 0 aromatic heterocycles. The third-order valence-electron chi connectivity index (χ3n) is 5.53. The molecule has 0 radical (unpaired) electrons. The molecule has 2 N–H and O–H groups in total. The monoisotopic (exact) mass is 470 g/mol. The maximum absolute atomic E-state index is 12.3. The fourth-order valence-corrected chi connectivity index (χ4v) is 3.79. The summed E-state index contributed by atoms with van der Waals surface area (Å²) in [6.07, 6.45) is 0. The molecular weight excluding hydrogens is 448 g/mol. The predicted octanol–water partition coefficient (Wildman–Crippen LogP) is 3.98. The number of aryl methyl sites for hydroxylation is 1. The highest BCUT2D eigenvalue weighted by molar-refractivity contribution is 5.89. The molecule has 0 fully saturated rings. The SMILES string of the molecule is COC(=O)c1ccc(C2C(C#N)=C(N)Oc3cc(OC(=O)COc4ccccc4C)ccc32)cc1. The standard InChI is InChI=1S/C27H22N2O6/c1-16-5-3-4-6-22(16)33-15-24(30)34-19-11-12-20-23(13-19)35-26(29)21(14-28)25(20)17-7-9-18(10-8-17)27(31)32-2/h3-13,25H,15,29H2,1-2H3. The van der Waals surface area contributed by atoms with Crippen LogP contribution in [0, 0.1) is 18.3 Å². The van der Waals surface area contributed by atoms with Crippen molar-refractivity contribution in [1.82, 2.24) is 0 Å². The largest absolute Gasteiger partial charge is 0.482 e. The number of fused-ring (bicyclic) bond motifs is 1.